The van der Waals surface area contributed by atoms with Crippen molar-refractivity contribution in [3.63, 3.8) is 0 Å². The van der Waals surface area contributed by atoms with Gasteiger partial charge in [0.05, 0.1) is 31.4 Å². The van der Waals surface area contributed by atoms with E-state index in [-0.39, 0.29) is 18.1 Å². The monoisotopic (exact) mass is 374 g/mol. The fourth-order valence-electron chi connectivity index (χ4n) is 3.24. The van der Waals surface area contributed by atoms with E-state index in [0.29, 0.717) is 36.9 Å². The summed E-state index contributed by atoms with van der Waals surface area (Å²) in [5.74, 6) is 0.544. The molecule has 0 radical (unpaired) electrons. The third kappa shape index (κ3) is 3.12. The maximum Gasteiger partial charge on any atom is 0.332 e. The van der Waals surface area contributed by atoms with E-state index in [1.54, 1.807) is 19.0 Å². The highest BCUT2D eigenvalue weighted by Gasteiger charge is 2.30. The summed E-state index contributed by atoms with van der Waals surface area (Å²) in [7, 11) is 1.63. The number of allylic oxidation sites excluding steroid dienone is 1. The maximum absolute atomic E-state index is 13.2. The van der Waals surface area contributed by atoms with E-state index in [4.69, 9.17) is 4.74 Å². The molecule has 0 aromatic carbocycles. The van der Waals surface area contributed by atoms with Crippen molar-refractivity contribution in [1.29, 1.82) is 0 Å². The number of hydrogen-bond donors (Lipinski definition) is 0. The van der Waals surface area contributed by atoms with Crippen molar-refractivity contribution in [3.8, 4) is 0 Å². The topological polar surface area (TPSA) is 86.7 Å². The van der Waals surface area contributed by atoms with Crippen LogP contribution in [0, 0.1) is 0 Å². The van der Waals surface area contributed by atoms with Crippen LogP contribution < -0.4 is 16.3 Å². The van der Waals surface area contributed by atoms with Crippen LogP contribution in [-0.2, 0) is 18.3 Å². The number of fused-ring (bicyclic) bond motifs is 3. The molecular formula is C18H26N6O3. The molecule has 2 aromatic heterocycles. The zero-order valence-electron chi connectivity index (χ0n) is 16.5. The summed E-state index contributed by atoms with van der Waals surface area (Å²) in [5, 5.41) is 6.33. The van der Waals surface area contributed by atoms with Gasteiger partial charge in [0, 0.05) is 13.7 Å². The SMILES string of the molecule is C=C(C)Cn1c(=O)c2c(nc3n2[C@@H](C)C(C)=NN3CCOCC)n(C)c1=O. The Morgan fingerprint density at radius 3 is 2.67 bits per heavy atom. The lowest BCUT2D eigenvalue weighted by molar-refractivity contribution is 0.153. The molecule has 0 aliphatic carbocycles. The van der Waals surface area contributed by atoms with Gasteiger partial charge < -0.3 is 4.74 Å². The fraction of sp³-hybridized carbons (Fsp3) is 0.556. The average Bonchev–Trinajstić information content (AvgIpc) is 3.02. The van der Waals surface area contributed by atoms with Crippen molar-refractivity contribution < 1.29 is 4.74 Å². The van der Waals surface area contributed by atoms with Crippen molar-refractivity contribution in [3.05, 3.63) is 33.0 Å². The van der Waals surface area contributed by atoms with Crippen molar-refractivity contribution in [1.82, 2.24) is 18.7 Å². The quantitative estimate of drug-likeness (QED) is 0.561. The Balaban J connectivity index is 2.27. The van der Waals surface area contributed by atoms with Gasteiger partial charge >= 0.3 is 5.69 Å². The number of anilines is 1. The molecule has 0 saturated heterocycles. The Hall–Kier alpha value is -2.68. The van der Waals surface area contributed by atoms with Gasteiger partial charge in [0.2, 0.25) is 5.95 Å². The first-order valence-corrected chi connectivity index (χ1v) is 9.04. The van der Waals surface area contributed by atoms with E-state index in [0.717, 1.165) is 11.3 Å². The standard InChI is InChI=1S/C18H26N6O3/c1-7-27-9-8-23-17-19-15-14(24(17)13(5)12(4)20-23)16(25)22(10-11(2)3)18(26)21(15)6/h13H,2,7-10H2,1,3-6H3/t13-/m0/s1. The van der Waals surface area contributed by atoms with Gasteiger partial charge in [-0.25, -0.2) is 9.80 Å². The molecular weight excluding hydrogens is 348 g/mol. The molecule has 0 spiro atoms. The number of ether oxygens (including phenoxy) is 1. The zero-order valence-corrected chi connectivity index (χ0v) is 16.5. The van der Waals surface area contributed by atoms with Crippen molar-refractivity contribution >= 4 is 22.8 Å². The van der Waals surface area contributed by atoms with Gasteiger partial charge in [-0.05, 0) is 27.7 Å². The van der Waals surface area contributed by atoms with Crippen LogP contribution in [0.15, 0.2) is 26.8 Å². The largest absolute Gasteiger partial charge is 0.380 e. The lowest BCUT2D eigenvalue weighted by Gasteiger charge is -2.29. The van der Waals surface area contributed by atoms with Gasteiger partial charge in [-0.1, -0.05) is 12.2 Å². The summed E-state index contributed by atoms with van der Waals surface area (Å²) in [6.45, 7) is 13.2. The summed E-state index contributed by atoms with van der Waals surface area (Å²) in [4.78, 5) is 30.4. The first-order valence-electron chi connectivity index (χ1n) is 9.04. The number of aryl methyl sites for hydroxylation is 1. The summed E-state index contributed by atoms with van der Waals surface area (Å²) >= 11 is 0. The highest BCUT2D eigenvalue weighted by molar-refractivity contribution is 5.91. The van der Waals surface area contributed by atoms with E-state index < -0.39 is 5.69 Å². The maximum atomic E-state index is 13.2. The normalized spacial score (nSPS) is 16.6. The third-order valence-corrected chi connectivity index (χ3v) is 4.74. The Labute approximate surface area is 157 Å². The van der Waals surface area contributed by atoms with Gasteiger partial charge in [-0.15, -0.1) is 0 Å². The zero-order chi connectivity index (χ0) is 19.9. The summed E-state index contributed by atoms with van der Waals surface area (Å²) in [5.41, 5.74) is 1.58. The lowest BCUT2D eigenvalue weighted by atomic mass is 10.2. The van der Waals surface area contributed by atoms with Crippen LogP contribution in [0.4, 0.5) is 5.95 Å². The second-order valence-corrected chi connectivity index (χ2v) is 6.88. The molecule has 27 heavy (non-hydrogen) atoms. The molecule has 1 aliphatic rings. The van der Waals surface area contributed by atoms with Crippen molar-refractivity contribution in [2.24, 2.45) is 12.1 Å². The van der Waals surface area contributed by atoms with E-state index in [1.165, 1.54) is 9.13 Å². The van der Waals surface area contributed by atoms with E-state index >= 15 is 0 Å². The molecule has 0 unspecified atom stereocenters. The molecule has 0 fully saturated rings. The van der Waals surface area contributed by atoms with E-state index in [1.807, 2.05) is 25.3 Å². The lowest BCUT2D eigenvalue weighted by Crippen LogP contribution is -2.40. The minimum Gasteiger partial charge on any atom is -0.380 e. The number of hydrazone groups is 1. The Morgan fingerprint density at radius 1 is 1.33 bits per heavy atom. The van der Waals surface area contributed by atoms with Crippen LogP contribution in [-0.4, -0.2) is 44.2 Å². The number of rotatable bonds is 6. The molecule has 1 atom stereocenters. The molecule has 0 saturated carbocycles. The van der Waals surface area contributed by atoms with E-state index in [2.05, 4.69) is 16.7 Å². The van der Waals surface area contributed by atoms with Crippen LogP contribution in [0.2, 0.25) is 0 Å². The number of aromatic nitrogens is 4. The fourth-order valence-corrected chi connectivity index (χ4v) is 3.24. The Kier molecular flexibility index (Phi) is 5.05. The summed E-state index contributed by atoms with van der Waals surface area (Å²) in [6.07, 6.45) is 0. The van der Waals surface area contributed by atoms with Crippen molar-refractivity contribution in [2.45, 2.75) is 40.3 Å². The van der Waals surface area contributed by atoms with Gasteiger partial charge in [-0.2, -0.15) is 10.1 Å². The number of imidazole rings is 1. The molecule has 1 aliphatic heterocycles. The van der Waals surface area contributed by atoms with Crippen molar-refractivity contribution in [2.75, 3.05) is 24.8 Å². The van der Waals surface area contributed by atoms with Gasteiger partial charge in [0.25, 0.3) is 5.56 Å². The van der Waals surface area contributed by atoms with Crippen LogP contribution in [0.1, 0.15) is 33.7 Å². The molecule has 3 heterocycles. The molecule has 0 amide bonds. The minimum atomic E-state index is -0.405. The Bertz CT molecular complexity index is 1040. The second-order valence-electron chi connectivity index (χ2n) is 6.88. The second kappa shape index (κ2) is 7.15. The van der Waals surface area contributed by atoms with Crippen LogP contribution in [0.3, 0.4) is 0 Å². The first kappa shape index (κ1) is 19.1. The first-order chi connectivity index (χ1) is 12.8. The highest BCUT2D eigenvalue weighted by Crippen LogP contribution is 2.29. The predicted octanol–water partition coefficient (Wildman–Crippen LogP) is 1.27. The number of hydrogen-bond acceptors (Lipinski definition) is 6. The third-order valence-electron chi connectivity index (χ3n) is 4.74. The average molecular weight is 374 g/mol. The summed E-state index contributed by atoms with van der Waals surface area (Å²) in [6, 6.07) is -0.142. The van der Waals surface area contributed by atoms with Crippen LogP contribution >= 0.6 is 0 Å². The highest BCUT2D eigenvalue weighted by atomic mass is 16.5. The van der Waals surface area contributed by atoms with Gasteiger partial charge in [-0.3, -0.25) is 18.5 Å². The summed E-state index contributed by atoms with van der Waals surface area (Å²) < 4.78 is 9.92. The van der Waals surface area contributed by atoms with E-state index in [9.17, 15) is 9.59 Å². The molecule has 9 heteroatoms. The molecule has 2 aromatic rings. The molecule has 146 valence electrons. The van der Waals surface area contributed by atoms with Gasteiger partial charge in [0.1, 0.15) is 0 Å². The number of nitrogens with zero attached hydrogens (tertiary/aromatic N) is 6. The molecule has 9 nitrogen and oxygen atoms in total. The predicted molar refractivity (Wildman–Crippen MR) is 106 cm³/mol. The smallest absolute Gasteiger partial charge is 0.332 e. The molecule has 0 N–H and O–H groups in total. The molecule has 3 rings (SSSR count). The van der Waals surface area contributed by atoms with Crippen LogP contribution in [0.25, 0.3) is 11.2 Å². The Morgan fingerprint density at radius 2 is 2.04 bits per heavy atom. The molecule has 0 bridgehead atoms. The van der Waals surface area contributed by atoms with Gasteiger partial charge in [0.15, 0.2) is 11.2 Å². The minimum absolute atomic E-state index is 0.142. The van der Waals surface area contributed by atoms with Crippen LogP contribution in [0.5, 0.6) is 0 Å².